The summed E-state index contributed by atoms with van der Waals surface area (Å²) in [5, 5.41) is 2.55. The van der Waals surface area contributed by atoms with Crippen molar-refractivity contribution >= 4 is 27.3 Å². The zero-order valence-corrected chi connectivity index (χ0v) is 11.9. The minimum Gasteiger partial charge on any atom is -0.323 e. The van der Waals surface area contributed by atoms with Gasteiger partial charge < -0.3 is 5.32 Å². The highest BCUT2D eigenvalue weighted by Gasteiger charge is 2.13. The first-order chi connectivity index (χ1) is 10.0. The number of benzene rings is 2. The van der Waals surface area contributed by atoms with Gasteiger partial charge in [0.05, 0.1) is 4.90 Å². The summed E-state index contributed by atoms with van der Waals surface area (Å²) in [5.41, 5.74) is 0.986. The van der Waals surface area contributed by atoms with E-state index in [-0.39, 0.29) is 10.8 Å². The van der Waals surface area contributed by atoms with Gasteiger partial charge in [-0.1, -0.05) is 24.8 Å². The molecule has 0 atom stereocenters. The average Bonchev–Trinajstić information content (AvgIpc) is 2.48. The van der Waals surface area contributed by atoms with Crippen molar-refractivity contribution in [3.05, 3.63) is 67.3 Å². The number of nitrogens with one attached hydrogen (secondary N) is 2. The molecule has 0 aliphatic rings. The van der Waals surface area contributed by atoms with Crippen LogP contribution in [0.3, 0.4) is 0 Å². The van der Waals surface area contributed by atoms with E-state index < -0.39 is 10.0 Å². The molecule has 0 aliphatic heterocycles. The van der Waals surface area contributed by atoms with Gasteiger partial charge in [-0.25, -0.2) is 8.42 Å². The van der Waals surface area contributed by atoms with Gasteiger partial charge >= 0.3 is 0 Å². The normalized spacial score (nSPS) is 10.7. The molecule has 21 heavy (non-hydrogen) atoms. The predicted octanol–water partition coefficient (Wildman–Crippen LogP) is 2.61. The Bertz CT molecular complexity index is 738. The van der Waals surface area contributed by atoms with E-state index in [1.54, 1.807) is 30.3 Å². The fourth-order valence-electron chi connectivity index (χ4n) is 1.63. The van der Waals surface area contributed by atoms with Crippen molar-refractivity contribution in [3.63, 3.8) is 0 Å². The monoisotopic (exact) mass is 302 g/mol. The standard InChI is InChI=1S/C15H14N2O3S/c1-2-15(18)16-12-8-10-14(11-9-12)21(19,20)17-13-6-4-3-5-7-13/h2-11,17H,1H2,(H,16,18). The summed E-state index contributed by atoms with van der Waals surface area (Å²) in [7, 11) is -3.65. The first-order valence-electron chi connectivity index (χ1n) is 6.12. The molecule has 0 fully saturated rings. The smallest absolute Gasteiger partial charge is 0.261 e. The van der Waals surface area contributed by atoms with E-state index in [1.807, 2.05) is 0 Å². The molecule has 5 nitrogen and oxygen atoms in total. The third-order valence-electron chi connectivity index (χ3n) is 2.64. The van der Waals surface area contributed by atoms with E-state index >= 15 is 0 Å². The Morgan fingerprint density at radius 1 is 0.952 bits per heavy atom. The second-order valence-corrected chi connectivity index (χ2v) is 5.87. The van der Waals surface area contributed by atoms with Gasteiger partial charge in [0.25, 0.3) is 10.0 Å². The number of rotatable bonds is 5. The van der Waals surface area contributed by atoms with Crippen molar-refractivity contribution in [2.75, 3.05) is 10.0 Å². The molecule has 0 radical (unpaired) electrons. The summed E-state index contributed by atoms with van der Waals surface area (Å²) in [4.78, 5) is 11.3. The number of hydrogen-bond acceptors (Lipinski definition) is 3. The molecule has 0 heterocycles. The van der Waals surface area contributed by atoms with Crippen LogP contribution >= 0.6 is 0 Å². The number of anilines is 2. The summed E-state index contributed by atoms with van der Waals surface area (Å²) < 4.78 is 26.8. The topological polar surface area (TPSA) is 75.3 Å². The van der Waals surface area contributed by atoms with Gasteiger partial charge in [0, 0.05) is 11.4 Å². The molecule has 2 aromatic carbocycles. The van der Waals surface area contributed by atoms with Crippen molar-refractivity contribution in [1.29, 1.82) is 0 Å². The molecule has 6 heteroatoms. The summed E-state index contributed by atoms with van der Waals surface area (Å²) >= 11 is 0. The average molecular weight is 302 g/mol. The van der Waals surface area contributed by atoms with Crippen LogP contribution in [0.4, 0.5) is 11.4 Å². The Hall–Kier alpha value is -2.60. The molecule has 1 amide bonds. The third-order valence-corrected chi connectivity index (χ3v) is 4.04. The second kappa shape index (κ2) is 6.23. The van der Waals surface area contributed by atoms with Crippen molar-refractivity contribution in [3.8, 4) is 0 Å². The molecular weight excluding hydrogens is 288 g/mol. The Labute approximate surface area is 123 Å². The number of carbonyl (C=O) groups excluding carboxylic acids is 1. The quantitative estimate of drug-likeness (QED) is 0.834. The molecule has 0 saturated heterocycles. The van der Waals surface area contributed by atoms with E-state index in [0.29, 0.717) is 11.4 Å². The summed E-state index contributed by atoms with van der Waals surface area (Å²) in [6, 6.07) is 14.5. The summed E-state index contributed by atoms with van der Waals surface area (Å²) in [6.07, 6.45) is 1.14. The van der Waals surface area contributed by atoms with Gasteiger partial charge in [-0.3, -0.25) is 9.52 Å². The zero-order chi connectivity index (χ0) is 15.3. The first kappa shape index (κ1) is 14.8. The van der Waals surface area contributed by atoms with Crippen LogP contribution in [0.1, 0.15) is 0 Å². The van der Waals surface area contributed by atoms with Crippen LogP contribution in [-0.4, -0.2) is 14.3 Å². The number of amides is 1. The van der Waals surface area contributed by atoms with Gasteiger partial charge in [-0.15, -0.1) is 0 Å². The van der Waals surface area contributed by atoms with Gasteiger partial charge in [-0.05, 0) is 42.5 Å². The van der Waals surface area contributed by atoms with Crippen LogP contribution in [0.5, 0.6) is 0 Å². The van der Waals surface area contributed by atoms with Crippen LogP contribution in [-0.2, 0) is 14.8 Å². The molecule has 108 valence electrons. The van der Waals surface area contributed by atoms with E-state index in [9.17, 15) is 13.2 Å². The lowest BCUT2D eigenvalue weighted by atomic mass is 10.3. The minimum atomic E-state index is -3.65. The molecule has 0 saturated carbocycles. The lowest BCUT2D eigenvalue weighted by Crippen LogP contribution is -2.13. The van der Waals surface area contributed by atoms with Crippen molar-refractivity contribution in [2.24, 2.45) is 0 Å². The van der Waals surface area contributed by atoms with Crippen LogP contribution in [0.15, 0.2) is 72.1 Å². The predicted molar refractivity (Wildman–Crippen MR) is 82.5 cm³/mol. The van der Waals surface area contributed by atoms with E-state index in [0.717, 1.165) is 6.08 Å². The van der Waals surface area contributed by atoms with Crippen LogP contribution in [0.2, 0.25) is 0 Å². The van der Waals surface area contributed by atoms with Gasteiger partial charge in [0.15, 0.2) is 0 Å². The van der Waals surface area contributed by atoms with Crippen LogP contribution in [0, 0.1) is 0 Å². The van der Waals surface area contributed by atoms with E-state index in [1.165, 1.54) is 24.3 Å². The highest BCUT2D eigenvalue weighted by Crippen LogP contribution is 2.18. The summed E-state index contributed by atoms with van der Waals surface area (Å²) in [5.74, 6) is -0.354. The molecule has 0 aliphatic carbocycles. The fraction of sp³-hybridized carbons (Fsp3) is 0. The van der Waals surface area contributed by atoms with Crippen LogP contribution < -0.4 is 10.0 Å². The maximum atomic E-state index is 12.2. The zero-order valence-electron chi connectivity index (χ0n) is 11.1. The Morgan fingerprint density at radius 2 is 1.57 bits per heavy atom. The number of carbonyl (C=O) groups is 1. The highest BCUT2D eigenvalue weighted by molar-refractivity contribution is 7.92. The molecule has 0 bridgehead atoms. The van der Waals surface area contributed by atoms with Gasteiger partial charge in [-0.2, -0.15) is 0 Å². The molecule has 2 N–H and O–H groups in total. The Kier molecular flexibility index (Phi) is 4.39. The maximum Gasteiger partial charge on any atom is 0.261 e. The van der Waals surface area contributed by atoms with E-state index in [4.69, 9.17) is 0 Å². The third kappa shape index (κ3) is 3.93. The first-order valence-corrected chi connectivity index (χ1v) is 7.61. The molecule has 0 unspecified atom stereocenters. The minimum absolute atomic E-state index is 0.114. The SMILES string of the molecule is C=CC(=O)Nc1ccc(S(=O)(=O)Nc2ccccc2)cc1. The number of hydrogen-bond donors (Lipinski definition) is 2. The lowest BCUT2D eigenvalue weighted by Gasteiger charge is -2.08. The molecule has 2 rings (SSSR count). The largest absolute Gasteiger partial charge is 0.323 e. The highest BCUT2D eigenvalue weighted by atomic mass is 32.2. The van der Waals surface area contributed by atoms with Crippen molar-refractivity contribution in [1.82, 2.24) is 0 Å². The van der Waals surface area contributed by atoms with Crippen molar-refractivity contribution in [2.45, 2.75) is 4.90 Å². The lowest BCUT2D eigenvalue weighted by molar-refractivity contribution is -0.111. The second-order valence-electron chi connectivity index (χ2n) is 4.19. The van der Waals surface area contributed by atoms with Gasteiger partial charge in [0.2, 0.25) is 5.91 Å². The van der Waals surface area contributed by atoms with Gasteiger partial charge in [0.1, 0.15) is 0 Å². The Morgan fingerprint density at radius 3 is 2.14 bits per heavy atom. The van der Waals surface area contributed by atoms with Crippen molar-refractivity contribution < 1.29 is 13.2 Å². The fourth-order valence-corrected chi connectivity index (χ4v) is 2.69. The maximum absolute atomic E-state index is 12.2. The molecule has 0 spiro atoms. The number of para-hydroxylation sites is 1. The number of sulfonamides is 1. The van der Waals surface area contributed by atoms with Crippen LogP contribution in [0.25, 0.3) is 0 Å². The molecule has 2 aromatic rings. The summed E-state index contributed by atoms with van der Waals surface area (Å²) in [6.45, 7) is 3.34. The molecule has 0 aromatic heterocycles. The Balaban J connectivity index is 2.17. The molecular formula is C15H14N2O3S. The van der Waals surface area contributed by atoms with E-state index in [2.05, 4.69) is 16.6 Å².